The van der Waals surface area contributed by atoms with Crippen molar-refractivity contribution >= 4 is 11.5 Å². The molecule has 0 fully saturated rings. The molecule has 0 radical (unpaired) electrons. The Kier molecular flexibility index (Phi) is 2.89. The van der Waals surface area contributed by atoms with E-state index in [9.17, 15) is 0 Å². The van der Waals surface area contributed by atoms with E-state index < -0.39 is 0 Å². The normalized spacial score (nSPS) is 10.1. The van der Waals surface area contributed by atoms with Crippen molar-refractivity contribution in [2.24, 2.45) is 0 Å². The molecule has 0 spiro atoms. The van der Waals surface area contributed by atoms with Gasteiger partial charge in [-0.15, -0.1) is 12.3 Å². The van der Waals surface area contributed by atoms with E-state index in [4.69, 9.17) is 6.42 Å². The molecule has 0 amide bonds. The molecule has 0 aromatic carbocycles. The number of pyridine rings is 1. The molecule has 0 bridgehead atoms. The summed E-state index contributed by atoms with van der Waals surface area (Å²) < 4.78 is 2.02. The Morgan fingerprint density at radius 2 is 2.40 bits per heavy atom. The van der Waals surface area contributed by atoms with Crippen molar-refractivity contribution in [2.75, 3.05) is 11.9 Å². The highest BCUT2D eigenvalue weighted by molar-refractivity contribution is 5.49. The number of hydrogen-bond acceptors (Lipinski definition) is 2. The summed E-state index contributed by atoms with van der Waals surface area (Å²) in [6.45, 7) is 0.890. The van der Waals surface area contributed by atoms with Crippen molar-refractivity contribution in [2.45, 2.75) is 12.8 Å². The summed E-state index contributed by atoms with van der Waals surface area (Å²) in [5, 5.41) is 3.34. The van der Waals surface area contributed by atoms with Gasteiger partial charge in [-0.2, -0.15) is 0 Å². The Labute approximate surface area is 89.1 Å². The average Bonchev–Trinajstić information content (AvgIpc) is 2.73. The second-order valence-electron chi connectivity index (χ2n) is 3.30. The molecule has 0 unspecified atom stereocenters. The number of nitrogens with zero attached hydrogens (tertiary/aromatic N) is 2. The SMILES string of the molecule is C#CCCCNc1cccc2nccn12. The summed E-state index contributed by atoms with van der Waals surface area (Å²) in [6, 6.07) is 6.00. The van der Waals surface area contributed by atoms with Crippen molar-refractivity contribution in [3.63, 3.8) is 0 Å². The lowest BCUT2D eigenvalue weighted by Gasteiger charge is -2.07. The minimum Gasteiger partial charge on any atom is -0.371 e. The van der Waals surface area contributed by atoms with Crippen LogP contribution in [-0.2, 0) is 0 Å². The lowest BCUT2D eigenvalue weighted by molar-refractivity contribution is 0.897. The molecule has 3 nitrogen and oxygen atoms in total. The van der Waals surface area contributed by atoms with Gasteiger partial charge in [-0.1, -0.05) is 6.07 Å². The van der Waals surface area contributed by atoms with Crippen molar-refractivity contribution in [3.05, 3.63) is 30.6 Å². The van der Waals surface area contributed by atoms with Crippen LogP contribution in [0.1, 0.15) is 12.8 Å². The molecule has 0 aliphatic heterocycles. The molecule has 15 heavy (non-hydrogen) atoms. The first kappa shape index (κ1) is 9.60. The Morgan fingerprint density at radius 3 is 3.27 bits per heavy atom. The summed E-state index contributed by atoms with van der Waals surface area (Å²) in [5.74, 6) is 3.68. The van der Waals surface area contributed by atoms with E-state index in [-0.39, 0.29) is 0 Å². The van der Waals surface area contributed by atoms with Crippen LogP contribution in [0.3, 0.4) is 0 Å². The second-order valence-corrected chi connectivity index (χ2v) is 3.30. The summed E-state index contributed by atoms with van der Waals surface area (Å²) in [5.41, 5.74) is 0.956. The molecule has 2 heterocycles. The van der Waals surface area contributed by atoms with Crippen molar-refractivity contribution in [1.82, 2.24) is 9.38 Å². The quantitative estimate of drug-likeness (QED) is 0.604. The Bertz CT molecular complexity index is 479. The highest BCUT2D eigenvalue weighted by Crippen LogP contribution is 2.10. The van der Waals surface area contributed by atoms with Gasteiger partial charge >= 0.3 is 0 Å². The van der Waals surface area contributed by atoms with Gasteiger partial charge < -0.3 is 5.32 Å². The standard InChI is InChI=1S/C12H13N3/c1-2-3-4-8-13-11-6-5-7-12-14-9-10-15(11)12/h1,5-7,9-10,13H,3-4,8H2. The predicted octanol–water partition coefficient (Wildman–Crippen LogP) is 2.16. The number of fused-ring (bicyclic) bond motifs is 1. The minimum absolute atomic E-state index is 0.812. The maximum absolute atomic E-state index is 5.19. The first-order valence-corrected chi connectivity index (χ1v) is 5.01. The third-order valence-electron chi connectivity index (χ3n) is 2.23. The van der Waals surface area contributed by atoms with E-state index in [2.05, 4.69) is 16.2 Å². The molecule has 0 saturated heterocycles. The third-order valence-corrected chi connectivity index (χ3v) is 2.23. The maximum atomic E-state index is 5.19. The number of unbranched alkanes of at least 4 members (excludes halogenated alkanes) is 1. The van der Waals surface area contributed by atoms with E-state index >= 15 is 0 Å². The highest BCUT2D eigenvalue weighted by Gasteiger charge is 1.98. The van der Waals surface area contributed by atoms with Crippen LogP contribution in [-0.4, -0.2) is 15.9 Å². The van der Waals surface area contributed by atoms with Gasteiger partial charge in [0.15, 0.2) is 0 Å². The van der Waals surface area contributed by atoms with Crippen LogP contribution in [0.5, 0.6) is 0 Å². The molecule has 2 aromatic heterocycles. The second kappa shape index (κ2) is 4.52. The van der Waals surface area contributed by atoms with Crippen LogP contribution in [0.25, 0.3) is 5.65 Å². The summed E-state index contributed by atoms with van der Waals surface area (Å²) in [7, 11) is 0. The number of aromatic nitrogens is 2. The maximum Gasteiger partial charge on any atom is 0.138 e. The van der Waals surface area contributed by atoms with Crippen LogP contribution in [0.2, 0.25) is 0 Å². The number of hydrogen-bond donors (Lipinski definition) is 1. The summed E-state index contributed by atoms with van der Waals surface area (Å²) in [4.78, 5) is 4.21. The average molecular weight is 199 g/mol. The molecule has 0 atom stereocenters. The number of terminal acetylenes is 1. The van der Waals surface area contributed by atoms with Crippen molar-refractivity contribution in [1.29, 1.82) is 0 Å². The molecule has 76 valence electrons. The van der Waals surface area contributed by atoms with E-state index in [0.717, 1.165) is 30.9 Å². The first-order valence-electron chi connectivity index (χ1n) is 5.01. The minimum atomic E-state index is 0.812. The van der Waals surface area contributed by atoms with Crippen LogP contribution >= 0.6 is 0 Å². The van der Waals surface area contributed by atoms with Gasteiger partial charge in [0.1, 0.15) is 11.5 Å². The lowest BCUT2D eigenvalue weighted by atomic mass is 10.3. The fourth-order valence-electron chi connectivity index (χ4n) is 1.50. The van der Waals surface area contributed by atoms with E-state index in [1.165, 1.54) is 0 Å². The smallest absolute Gasteiger partial charge is 0.138 e. The highest BCUT2D eigenvalue weighted by atomic mass is 15.1. The van der Waals surface area contributed by atoms with Gasteiger partial charge in [0.2, 0.25) is 0 Å². The largest absolute Gasteiger partial charge is 0.371 e. The van der Waals surface area contributed by atoms with Crippen LogP contribution in [0.4, 0.5) is 5.82 Å². The van der Waals surface area contributed by atoms with Crippen molar-refractivity contribution < 1.29 is 0 Å². The van der Waals surface area contributed by atoms with Crippen LogP contribution in [0, 0.1) is 12.3 Å². The molecule has 0 aliphatic rings. The van der Waals surface area contributed by atoms with E-state index in [1.54, 1.807) is 6.20 Å². The molecule has 2 rings (SSSR count). The van der Waals surface area contributed by atoms with Crippen LogP contribution in [0.15, 0.2) is 30.6 Å². The van der Waals surface area contributed by atoms with Gasteiger partial charge in [0.25, 0.3) is 0 Å². The Morgan fingerprint density at radius 1 is 1.47 bits per heavy atom. The number of rotatable bonds is 4. The topological polar surface area (TPSA) is 29.3 Å². The van der Waals surface area contributed by atoms with Crippen molar-refractivity contribution in [3.8, 4) is 12.3 Å². The zero-order valence-electron chi connectivity index (χ0n) is 8.48. The third kappa shape index (κ3) is 2.10. The fourth-order valence-corrected chi connectivity index (χ4v) is 1.50. The molecule has 3 heteroatoms. The van der Waals surface area contributed by atoms with Gasteiger partial charge in [-0.25, -0.2) is 4.98 Å². The number of nitrogens with one attached hydrogen (secondary N) is 1. The zero-order valence-corrected chi connectivity index (χ0v) is 8.48. The Balaban J connectivity index is 2.08. The molecule has 1 N–H and O–H groups in total. The van der Waals surface area contributed by atoms with E-state index in [0.29, 0.717) is 0 Å². The molecule has 2 aromatic rings. The van der Waals surface area contributed by atoms with Gasteiger partial charge in [0, 0.05) is 25.4 Å². The lowest BCUT2D eigenvalue weighted by Crippen LogP contribution is -2.04. The molecular formula is C12H13N3. The Hall–Kier alpha value is -1.95. The van der Waals surface area contributed by atoms with Gasteiger partial charge in [-0.3, -0.25) is 4.40 Å². The monoisotopic (exact) mass is 199 g/mol. The fraction of sp³-hybridized carbons (Fsp3) is 0.250. The molecule has 0 saturated carbocycles. The number of imidazole rings is 1. The van der Waals surface area contributed by atoms with Crippen LogP contribution < -0.4 is 5.32 Å². The summed E-state index contributed by atoms with van der Waals surface area (Å²) >= 11 is 0. The van der Waals surface area contributed by atoms with E-state index in [1.807, 2.05) is 28.8 Å². The summed E-state index contributed by atoms with van der Waals surface area (Å²) in [6.07, 6.45) is 10.7. The predicted molar refractivity (Wildman–Crippen MR) is 61.7 cm³/mol. The van der Waals surface area contributed by atoms with Gasteiger partial charge in [0.05, 0.1) is 0 Å². The number of anilines is 1. The molecule has 0 aliphatic carbocycles. The van der Waals surface area contributed by atoms with Gasteiger partial charge in [-0.05, 0) is 18.6 Å². The molecular weight excluding hydrogens is 186 g/mol. The first-order chi connectivity index (χ1) is 7.42. The zero-order chi connectivity index (χ0) is 10.5.